The predicted octanol–water partition coefficient (Wildman–Crippen LogP) is 2.22. The highest BCUT2D eigenvalue weighted by Crippen LogP contribution is 2.15. The molecule has 0 atom stereocenters. The van der Waals surface area contributed by atoms with Gasteiger partial charge in [-0.25, -0.2) is 23.7 Å². The lowest BCUT2D eigenvalue weighted by Gasteiger charge is -2.03. The van der Waals surface area contributed by atoms with Crippen molar-refractivity contribution in [2.75, 3.05) is 0 Å². The molecule has 3 aromatic rings. The zero-order chi connectivity index (χ0) is 12.5. The van der Waals surface area contributed by atoms with Gasteiger partial charge in [-0.05, 0) is 12.1 Å². The fraction of sp³-hybridized carbons (Fsp3) is 0.0833. The van der Waals surface area contributed by atoms with E-state index in [0.29, 0.717) is 17.0 Å². The summed E-state index contributed by atoms with van der Waals surface area (Å²) in [7, 11) is 0. The summed E-state index contributed by atoms with van der Waals surface area (Å²) in [6.45, 7) is 0. The number of H-pyrrole nitrogens is 1. The van der Waals surface area contributed by atoms with Crippen LogP contribution in [0.1, 0.15) is 11.4 Å². The van der Waals surface area contributed by atoms with Gasteiger partial charge in [0.05, 0.1) is 12.5 Å². The van der Waals surface area contributed by atoms with Crippen LogP contribution < -0.4 is 0 Å². The number of halogens is 2. The van der Waals surface area contributed by atoms with Gasteiger partial charge >= 0.3 is 0 Å². The molecule has 0 saturated carbocycles. The lowest BCUT2D eigenvalue weighted by atomic mass is 10.1. The van der Waals surface area contributed by atoms with Crippen LogP contribution in [0, 0.1) is 11.6 Å². The van der Waals surface area contributed by atoms with E-state index in [1.54, 1.807) is 6.20 Å². The van der Waals surface area contributed by atoms with E-state index in [1.807, 2.05) is 0 Å². The SMILES string of the molecule is Fc1cccc(F)c1Cc1ncc2[nH]cnc2n1. The molecule has 0 bridgehead atoms. The van der Waals surface area contributed by atoms with Crippen LogP contribution in [0.4, 0.5) is 8.78 Å². The minimum Gasteiger partial charge on any atom is -0.342 e. The van der Waals surface area contributed by atoms with Gasteiger partial charge in [-0.3, -0.25) is 0 Å². The molecule has 0 aliphatic carbocycles. The van der Waals surface area contributed by atoms with Gasteiger partial charge in [0.1, 0.15) is 23.0 Å². The van der Waals surface area contributed by atoms with Gasteiger partial charge in [-0.2, -0.15) is 0 Å². The lowest BCUT2D eigenvalue weighted by Crippen LogP contribution is -2.01. The van der Waals surface area contributed by atoms with Gasteiger partial charge in [0.2, 0.25) is 0 Å². The minimum atomic E-state index is -0.597. The van der Waals surface area contributed by atoms with Gasteiger partial charge in [0.15, 0.2) is 5.65 Å². The monoisotopic (exact) mass is 246 g/mol. The van der Waals surface area contributed by atoms with Crippen molar-refractivity contribution in [3.8, 4) is 0 Å². The smallest absolute Gasteiger partial charge is 0.180 e. The standard InChI is InChI=1S/C12H8F2N4/c13-8-2-1-3-9(14)7(8)4-11-15-5-10-12(18-11)17-6-16-10/h1-3,5-6H,4H2,(H,15,16,17,18). The van der Waals surface area contributed by atoms with E-state index in [9.17, 15) is 8.78 Å². The maximum absolute atomic E-state index is 13.5. The van der Waals surface area contributed by atoms with E-state index in [0.717, 1.165) is 0 Å². The zero-order valence-corrected chi connectivity index (χ0v) is 9.19. The number of hydrogen-bond donors (Lipinski definition) is 1. The molecule has 2 aromatic heterocycles. The van der Waals surface area contributed by atoms with Crippen LogP contribution in [0.3, 0.4) is 0 Å². The summed E-state index contributed by atoms with van der Waals surface area (Å²) < 4.78 is 26.9. The maximum Gasteiger partial charge on any atom is 0.180 e. The van der Waals surface area contributed by atoms with Gasteiger partial charge in [0.25, 0.3) is 0 Å². The molecule has 0 aliphatic heterocycles. The molecule has 0 spiro atoms. The first-order valence-corrected chi connectivity index (χ1v) is 5.32. The molecular formula is C12H8F2N4. The number of benzene rings is 1. The molecule has 0 unspecified atom stereocenters. The Bertz CT molecular complexity index is 688. The van der Waals surface area contributed by atoms with E-state index in [2.05, 4.69) is 19.9 Å². The first-order valence-electron chi connectivity index (χ1n) is 5.32. The van der Waals surface area contributed by atoms with Crippen LogP contribution in [0.2, 0.25) is 0 Å². The second-order valence-electron chi connectivity index (χ2n) is 3.80. The number of aromatic amines is 1. The Morgan fingerprint density at radius 2 is 1.89 bits per heavy atom. The van der Waals surface area contributed by atoms with Crippen LogP contribution in [-0.2, 0) is 6.42 Å². The Morgan fingerprint density at radius 1 is 1.11 bits per heavy atom. The largest absolute Gasteiger partial charge is 0.342 e. The van der Waals surface area contributed by atoms with Crippen molar-refractivity contribution in [3.05, 3.63) is 53.7 Å². The average molecular weight is 246 g/mol. The van der Waals surface area contributed by atoms with Crippen LogP contribution in [0.25, 0.3) is 11.2 Å². The zero-order valence-electron chi connectivity index (χ0n) is 9.19. The highest BCUT2D eigenvalue weighted by atomic mass is 19.1. The molecular weight excluding hydrogens is 238 g/mol. The first-order chi connectivity index (χ1) is 8.74. The predicted molar refractivity (Wildman–Crippen MR) is 60.8 cm³/mol. The Labute approximate surface area is 101 Å². The maximum atomic E-state index is 13.5. The van der Waals surface area contributed by atoms with Crippen LogP contribution in [-0.4, -0.2) is 19.9 Å². The molecule has 0 amide bonds. The molecule has 6 heteroatoms. The lowest BCUT2D eigenvalue weighted by molar-refractivity contribution is 0.559. The van der Waals surface area contributed by atoms with Crippen LogP contribution in [0.5, 0.6) is 0 Å². The number of rotatable bonds is 2. The Kier molecular flexibility index (Phi) is 2.47. The van der Waals surface area contributed by atoms with Crippen molar-refractivity contribution < 1.29 is 8.78 Å². The number of aromatic nitrogens is 4. The second kappa shape index (κ2) is 4.14. The fourth-order valence-electron chi connectivity index (χ4n) is 1.72. The van der Waals surface area contributed by atoms with E-state index in [-0.39, 0.29) is 12.0 Å². The summed E-state index contributed by atoms with van der Waals surface area (Å²) >= 11 is 0. The molecule has 0 aliphatic rings. The van der Waals surface area contributed by atoms with E-state index < -0.39 is 11.6 Å². The van der Waals surface area contributed by atoms with Crippen molar-refractivity contribution in [2.45, 2.75) is 6.42 Å². The number of imidazole rings is 1. The van der Waals surface area contributed by atoms with Gasteiger partial charge in [0, 0.05) is 12.0 Å². The highest BCUT2D eigenvalue weighted by molar-refractivity contribution is 5.68. The highest BCUT2D eigenvalue weighted by Gasteiger charge is 2.11. The van der Waals surface area contributed by atoms with Gasteiger partial charge < -0.3 is 4.98 Å². The normalized spacial score (nSPS) is 11.0. The van der Waals surface area contributed by atoms with Gasteiger partial charge in [-0.1, -0.05) is 6.07 Å². The Balaban J connectivity index is 2.00. The number of fused-ring (bicyclic) bond motifs is 1. The average Bonchev–Trinajstić information content (AvgIpc) is 2.81. The summed E-state index contributed by atoms with van der Waals surface area (Å²) in [5.41, 5.74) is 1.14. The Morgan fingerprint density at radius 3 is 2.67 bits per heavy atom. The summed E-state index contributed by atoms with van der Waals surface area (Å²) in [5, 5.41) is 0. The molecule has 18 heavy (non-hydrogen) atoms. The minimum absolute atomic E-state index is 0.00130. The summed E-state index contributed by atoms with van der Waals surface area (Å²) in [4.78, 5) is 15.0. The Hall–Kier alpha value is -2.37. The summed E-state index contributed by atoms with van der Waals surface area (Å²) in [6, 6.07) is 3.75. The third kappa shape index (κ3) is 1.81. The first kappa shape index (κ1) is 10.8. The topological polar surface area (TPSA) is 54.5 Å². The van der Waals surface area contributed by atoms with Crippen molar-refractivity contribution in [1.82, 2.24) is 19.9 Å². The number of nitrogens with one attached hydrogen (secondary N) is 1. The van der Waals surface area contributed by atoms with E-state index in [4.69, 9.17) is 0 Å². The molecule has 0 radical (unpaired) electrons. The van der Waals surface area contributed by atoms with Crippen molar-refractivity contribution in [3.63, 3.8) is 0 Å². The molecule has 0 saturated heterocycles. The fourth-order valence-corrected chi connectivity index (χ4v) is 1.72. The van der Waals surface area contributed by atoms with Crippen LogP contribution in [0.15, 0.2) is 30.7 Å². The van der Waals surface area contributed by atoms with Crippen molar-refractivity contribution >= 4 is 11.2 Å². The number of hydrogen-bond acceptors (Lipinski definition) is 3. The molecule has 90 valence electrons. The molecule has 4 nitrogen and oxygen atoms in total. The summed E-state index contributed by atoms with van der Waals surface area (Å²) in [6.07, 6.45) is 3.04. The second-order valence-corrected chi connectivity index (χ2v) is 3.80. The molecule has 0 fully saturated rings. The number of nitrogens with zero attached hydrogens (tertiary/aromatic N) is 3. The van der Waals surface area contributed by atoms with E-state index in [1.165, 1.54) is 24.5 Å². The van der Waals surface area contributed by atoms with Crippen LogP contribution >= 0.6 is 0 Å². The third-order valence-electron chi connectivity index (χ3n) is 2.62. The van der Waals surface area contributed by atoms with Crippen molar-refractivity contribution in [1.29, 1.82) is 0 Å². The molecule has 3 rings (SSSR count). The van der Waals surface area contributed by atoms with Gasteiger partial charge in [-0.15, -0.1) is 0 Å². The molecule has 2 heterocycles. The quantitative estimate of drug-likeness (QED) is 0.754. The van der Waals surface area contributed by atoms with E-state index >= 15 is 0 Å². The third-order valence-corrected chi connectivity index (χ3v) is 2.62. The molecule has 1 N–H and O–H groups in total. The van der Waals surface area contributed by atoms with Crippen molar-refractivity contribution in [2.24, 2.45) is 0 Å². The summed E-state index contributed by atoms with van der Waals surface area (Å²) in [5.74, 6) is -0.861. The molecule has 1 aromatic carbocycles.